The number of hydrogen-bond donors (Lipinski definition) is 0. The topological polar surface area (TPSA) is 93.2 Å². The lowest BCUT2D eigenvalue weighted by Gasteiger charge is -2.31. The molecule has 44 heavy (non-hydrogen) atoms. The fraction of sp³-hybridized carbons (Fsp3) is 0.0556. The standard InChI is InChI=1S/C36H22N2O6/c1-43-29-17-13-25-31-21(29)9-5-11-23(31)33(39)37(35(25)41)27-15-16-28(20-8-4-3-7-19(20)27)38-34(40)24-12-6-10-22-30(44-2)18-14-26(32(22)24)36(38)42/h3-18H,1-2H3. The van der Waals surface area contributed by atoms with Crippen molar-refractivity contribution in [1.29, 1.82) is 0 Å². The first-order chi connectivity index (χ1) is 21.4. The maximum Gasteiger partial charge on any atom is 0.266 e. The first-order valence-electron chi connectivity index (χ1n) is 13.9. The van der Waals surface area contributed by atoms with Crippen molar-refractivity contribution in [2.75, 3.05) is 24.0 Å². The number of nitrogens with zero attached hydrogens (tertiary/aromatic N) is 2. The Morgan fingerprint density at radius 1 is 0.409 bits per heavy atom. The molecule has 0 spiro atoms. The molecule has 0 aliphatic carbocycles. The second-order valence-electron chi connectivity index (χ2n) is 10.6. The lowest BCUT2D eigenvalue weighted by molar-refractivity contribution is 0.0877. The lowest BCUT2D eigenvalue weighted by atomic mass is 9.91. The number of fused-ring (bicyclic) bond motifs is 1. The number of amides is 4. The van der Waals surface area contributed by atoms with Crippen molar-refractivity contribution in [3.63, 3.8) is 0 Å². The van der Waals surface area contributed by atoms with Crippen LogP contribution in [0.2, 0.25) is 0 Å². The summed E-state index contributed by atoms with van der Waals surface area (Å²) in [4.78, 5) is 58.2. The number of hydrogen-bond acceptors (Lipinski definition) is 6. The summed E-state index contributed by atoms with van der Waals surface area (Å²) in [6.45, 7) is 0. The SMILES string of the molecule is COc1ccc2c3c(cccc13)C(=O)N(c1ccc(N3C(=O)c4cccc5c(OC)ccc(c45)C3=O)c3ccccc13)C2=O. The Morgan fingerprint density at radius 2 is 0.773 bits per heavy atom. The number of rotatable bonds is 4. The minimum atomic E-state index is -0.473. The normalized spacial score (nSPS) is 14.2. The number of methoxy groups -OCH3 is 2. The molecule has 4 amide bonds. The van der Waals surface area contributed by atoms with Gasteiger partial charge in [-0.25, -0.2) is 9.80 Å². The van der Waals surface area contributed by atoms with Gasteiger partial charge in [-0.1, -0.05) is 48.5 Å². The van der Waals surface area contributed by atoms with Gasteiger partial charge in [0.05, 0.1) is 25.6 Å². The van der Waals surface area contributed by atoms with Crippen molar-refractivity contribution in [3.05, 3.63) is 119 Å². The van der Waals surface area contributed by atoms with E-state index in [0.29, 0.717) is 77.4 Å². The second-order valence-corrected chi connectivity index (χ2v) is 10.6. The minimum absolute atomic E-state index is 0.349. The molecule has 0 atom stereocenters. The number of carbonyl (C=O) groups is 4. The number of imide groups is 2. The van der Waals surface area contributed by atoms with Gasteiger partial charge in [0.2, 0.25) is 0 Å². The van der Waals surface area contributed by atoms with E-state index in [2.05, 4.69) is 0 Å². The molecule has 8 heteroatoms. The summed E-state index contributed by atoms with van der Waals surface area (Å²) in [6.07, 6.45) is 0. The number of carbonyl (C=O) groups excluding carboxylic acids is 4. The van der Waals surface area contributed by atoms with Crippen LogP contribution in [0.15, 0.2) is 97.1 Å². The summed E-state index contributed by atoms with van der Waals surface area (Å²) in [5, 5.41) is 3.53. The fourth-order valence-electron chi connectivity index (χ4n) is 6.59. The third kappa shape index (κ3) is 3.27. The van der Waals surface area contributed by atoms with Gasteiger partial charge in [0.1, 0.15) is 11.5 Å². The van der Waals surface area contributed by atoms with E-state index in [4.69, 9.17) is 9.47 Å². The van der Waals surface area contributed by atoms with Crippen LogP contribution in [0.3, 0.4) is 0 Å². The summed E-state index contributed by atoms with van der Waals surface area (Å²) in [6, 6.07) is 27.7. The van der Waals surface area contributed by atoms with Crippen molar-refractivity contribution >= 4 is 67.3 Å². The Balaban J connectivity index is 1.30. The van der Waals surface area contributed by atoms with Crippen molar-refractivity contribution in [3.8, 4) is 11.5 Å². The molecule has 6 aromatic rings. The van der Waals surface area contributed by atoms with Gasteiger partial charge in [-0.05, 0) is 48.5 Å². The molecule has 0 unspecified atom stereocenters. The van der Waals surface area contributed by atoms with Gasteiger partial charge in [-0.2, -0.15) is 0 Å². The average Bonchev–Trinajstić information content (AvgIpc) is 3.06. The van der Waals surface area contributed by atoms with E-state index in [-0.39, 0.29) is 0 Å². The monoisotopic (exact) mass is 578 g/mol. The molecule has 6 aromatic carbocycles. The summed E-state index contributed by atoms with van der Waals surface area (Å²) >= 11 is 0. The highest BCUT2D eigenvalue weighted by molar-refractivity contribution is 6.40. The van der Waals surface area contributed by atoms with Crippen LogP contribution in [-0.4, -0.2) is 37.8 Å². The lowest BCUT2D eigenvalue weighted by Crippen LogP contribution is -2.41. The van der Waals surface area contributed by atoms with Crippen LogP contribution in [0.5, 0.6) is 11.5 Å². The third-order valence-electron chi connectivity index (χ3n) is 8.53. The third-order valence-corrected chi connectivity index (χ3v) is 8.53. The maximum atomic E-state index is 14.0. The zero-order valence-electron chi connectivity index (χ0n) is 23.6. The molecule has 2 aliphatic rings. The van der Waals surface area contributed by atoms with Crippen molar-refractivity contribution in [1.82, 2.24) is 0 Å². The highest BCUT2D eigenvalue weighted by Gasteiger charge is 2.38. The molecule has 0 aromatic heterocycles. The second kappa shape index (κ2) is 9.24. The zero-order valence-corrected chi connectivity index (χ0v) is 23.6. The summed E-state index contributed by atoms with van der Waals surface area (Å²) < 4.78 is 11.0. The van der Waals surface area contributed by atoms with Crippen LogP contribution >= 0.6 is 0 Å². The molecule has 0 fully saturated rings. The smallest absolute Gasteiger partial charge is 0.266 e. The van der Waals surface area contributed by atoms with Crippen LogP contribution in [0.1, 0.15) is 41.4 Å². The maximum absolute atomic E-state index is 14.0. The number of benzene rings is 6. The summed E-state index contributed by atoms with van der Waals surface area (Å²) in [7, 11) is 3.09. The van der Waals surface area contributed by atoms with Crippen LogP contribution in [0.4, 0.5) is 11.4 Å². The summed E-state index contributed by atoms with van der Waals surface area (Å²) in [5.41, 5.74) is 2.22. The summed E-state index contributed by atoms with van der Waals surface area (Å²) in [5.74, 6) is -0.752. The molecule has 2 aliphatic heterocycles. The molecule has 0 saturated carbocycles. The van der Waals surface area contributed by atoms with Crippen molar-refractivity contribution < 1.29 is 28.7 Å². The number of ether oxygens (including phenoxy) is 2. The molecular formula is C36H22N2O6. The first kappa shape index (κ1) is 25.7. The molecule has 8 nitrogen and oxygen atoms in total. The quantitative estimate of drug-likeness (QED) is 0.215. The fourth-order valence-corrected chi connectivity index (χ4v) is 6.59. The molecule has 212 valence electrons. The van der Waals surface area contributed by atoms with E-state index in [1.54, 1.807) is 99.1 Å². The van der Waals surface area contributed by atoms with Crippen molar-refractivity contribution in [2.45, 2.75) is 0 Å². The zero-order chi connectivity index (χ0) is 30.3. The van der Waals surface area contributed by atoms with Gasteiger partial charge >= 0.3 is 0 Å². The van der Waals surface area contributed by atoms with Gasteiger partial charge in [-0.3, -0.25) is 19.2 Å². The van der Waals surface area contributed by atoms with E-state index >= 15 is 0 Å². The Hall–Kier alpha value is -6.02. The Morgan fingerprint density at radius 3 is 1.16 bits per heavy atom. The van der Waals surface area contributed by atoms with E-state index in [1.165, 1.54) is 0 Å². The number of anilines is 2. The molecular weight excluding hydrogens is 556 g/mol. The largest absolute Gasteiger partial charge is 0.496 e. The van der Waals surface area contributed by atoms with Crippen LogP contribution in [0.25, 0.3) is 32.3 Å². The predicted molar refractivity (Wildman–Crippen MR) is 167 cm³/mol. The van der Waals surface area contributed by atoms with Crippen LogP contribution in [-0.2, 0) is 0 Å². The molecule has 0 N–H and O–H groups in total. The Kier molecular flexibility index (Phi) is 5.39. The molecule has 0 saturated heterocycles. The first-order valence-corrected chi connectivity index (χ1v) is 13.9. The van der Waals surface area contributed by atoms with Crippen molar-refractivity contribution in [2.24, 2.45) is 0 Å². The van der Waals surface area contributed by atoms with Crippen LogP contribution in [0, 0.1) is 0 Å². The van der Waals surface area contributed by atoms with Gasteiger partial charge in [0.25, 0.3) is 23.6 Å². The van der Waals surface area contributed by atoms with E-state index in [1.807, 2.05) is 12.1 Å². The predicted octanol–water partition coefficient (Wildman–Crippen LogP) is 6.76. The molecule has 8 rings (SSSR count). The minimum Gasteiger partial charge on any atom is -0.496 e. The average molecular weight is 579 g/mol. The van der Waals surface area contributed by atoms with Gasteiger partial charge in [-0.15, -0.1) is 0 Å². The van der Waals surface area contributed by atoms with E-state index in [9.17, 15) is 19.2 Å². The van der Waals surface area contributed by atoms with Gasteiger partial charge in [0.15, 0.2) is 0 Å². The van der Waals surface area contributed by atoms with Crippen LogP contribution < -0.4 is 19.3 Å². The van der Waals surface area contributed by atoms with E-state index in [0.717, 1.165) is 9.80 Å². The highest BCUT2D eigenvalue weighted by atomic mass is 16.5. The van der Waals surface area contributed by atoms with E-state index < -0.39 is 23.6 Å². The molecule has 0 radical (unpaired) electrons. The highest BCUT2D eigenvalue weighted by Crippen LogP contribution is 2.43. The molecule has 2 heterocycles. The Labute approximate surface area is 250 Å². The van der Waals surface area contributed by atoms with Gasteiger partial charge < -0.3 is 9.47 Å². The Bertz CT molecular complexity index is 2100. The molecule has 0 bridgehead atoms. The van der Waals surface area contributed by atoms with Gasteiger partial charge in [0, 0.05) is 54.6 Å².